The first-order chi connectivity index (χ1) is 13.8. The summed E-state index contributed by atoms with van der Waals surface area (Å²) < 4.78 is 5.44. The SMILES string of the molecule is COc1c(C)cc(CN(C)CC(=O)N(CCC#N)c2ccc(C)c(C)c2)cc1C. The van der Waals surface area contributed by atoms with Gasteiger partial charge in [0.1, 0.15) is 5.75 Å². The molecule has 0 bridgehead atoms. The lowest BCUT2D eigenvalue weighted by Gasteiger charge is -2.26. The van der Waals surface area contributed by atoms with Gasteiger partial charge in [-0.15, -0.1) is 0 Å². The number of anilines is 1. The fourth-order valence-corrected chi connectivity index (χ4v) is 3.59. The lowest BCUT2D eigenvalue weighted by Crippen LogP contribution is -2.39. The number of hydrogen-bond donors (Lipinski definition) is 0. The van der Waals surface area contributed by atoms with Crippen molar-refractivity contribution in [3.63, 3.8) is 0 Å². The number of carbonyl (C=O) groups excluding carboxylic acids is 1. The van der Waals surface area contributed by atoms with Gasteiger partial charge in [-0.3, -0.25) is 9.69 Å². The van der Waals surface area contributed by atoms with Crippen molar-refractivity contribution in [3.8, 4) is 11.8 Å². The Bertz CT molecular complexity index is 892. The van der Waals surface area contributed by atoms with Crippen LogP contribution in [0, 0.1) is 39.0 Å². The van der Waals surface area contributed by atoms with Crippen molar-refractivity contribution in [2.45, 2.75) is 40.7 Å². The number of hydrogen-bond acceptors (Lipinski definition) is 4. The van der Waals surface area contributed by atoms with E-state index in [0.29, 0.717) is 19.5 Å². The van der Waals surface area contributed by atoms with Crippen molar-refractivity contribution in [1.29, 1.82) is 5.26 Å². The van der Waals surface area contributed by atoms with E-state index in [0.717, 1.165) is 33.7 Å². The predicted octanol–water partition coefficient (Wildman–Crippen LogP) is 4.31. The number of rotatable bonds is 8. The second-order valence-electron chi connectivity index (χ2n) is 7.66. The van der Waals surface area contributed by atoms with Gasteiger partial charge in [-0.1, -0.05) is 18.2 Å². The van der Waals surface area contributed by atoms with Crippen LogP contribution in [0.2, 0.25) is 0 Å². The summed E-state index contributed by atoms with van der Waals surface area (Å²) in [5.41, 5.74) is 6.49. The fourth-order valence-electron chi connectivity index (χ4n) is 3.59. The third-order valence-electron chi connectivity index (χ3n) is 5.13. The smallest absolute Gasteiger partial charge is 0.241 e. The second-order valence-corrected chi connectivity index (χ2v) is 7.66. The summed E-state index contributed by atoms with van der Waals surface area (Å²) in [6.45, 7) is 9.48. The van der Waals surface area contributed by atoms with Crippen LogP contribution in [-0.2, 0) is 11.3 Å². The minimum absolute atomic E-state index is 0.00652. The van der Waals surface area contributed by atoms with E-state index >= 15 is 0 Å². The molecule has 154 valence electrons. The standard InChI is InChI=1S/C24H31N3O2/c1-17-8-9-22(14-18(17)2)27(11-7-10-25)23(28)16-26(5)15-21-12-19(3)24(29-6)20(4)13-21/h8-9,12-14H,7,11,15-16H2,1-6H3. The third kappa shape index (κ3) is 5.82. The molecule has 0 aromatic heterocycles. The summed E-state index contributed by atoms with van der Waals surface area (Å²) in [5.74, 6) is 0.901. The Balaban J connectivity index is 2.14. The molecule has 0 unspecified atom stereocenters. The van der Waals surface area contributed by atoms with E-state index < -0.39 is 0 Å². The Morgan fingerprint density at radius 1 is 1.03 bits per heavy atom. The number of nitriles is 1. The number of nitrogens with zero attached hydrogens (tertiary/aromatic N) is 3. The number of carbonyl (C=O) groups is 1. The van der Waals surface area contributed by atoms with Crippen molar-refractivity contribution in [2.24, 2.45) is 0 Å². The second kappa shape index (κ2) is 10.1. The Hall–Kier alpha value is -2.84. The Kier molecular flexibility index (Phi) is 7.81. The van der Waals surface area contributed by atoms with Gasteiger partial charge in [0, 0.05) is 18.8 Å². The zero-order valence-electron chi connectivity index (χ0n) is 18.4. The molecule has 2 rings (SSSR count). The fraction of sp³-hybridized carbons (Fsp3) is 0.417. The van der Waals surface area contributed by atoms with Crippen LogP contribution in [0.4, 0.5) is 5.69 Å². The molecule has 0 N–H and O–H groups in total. The molecule has 0 heterocycles. The van der Waals surface area contributed by atoms with E-state index in [4.69, 9.17) is 10.00 Å². The van der Waals surface area contributed by atoms with Gasteiger partial charge in [0.15, 0.2) is 0 Å². The van der Waals surface area contributed by atoms with Gasteiger partial charge in [0.2, 0.25) is 5.91 Å². The van der Waals surface area contributed by atoms with Gasteiger partial charge >= 0.3 is 0 Å². The highest BCUT2D eigenvalue weighted by atomic mass is 16.5. The minimum atomic E-state index is -0.00652. The molecule has 29 heavy (non-hydrogen) atoms. The molecular weight excluding hydrogens is 362 g/mol. The van der Waals surface area contributed by atoms with Gasteiger partial charge in [-0.2, -0.15) is 5.26 Å². The van der Waals surface area contributed by atoms with Gasteiger partial charge < -0.3 is 9.64 Å². The van der Waals surface area contributed by atoms with Crippen LogP contribution in [0.25, 0.3) is 0 Å². The number of ether oxygens (including phenoxy) is 1. The molecule has 0 saturated carbocycles. The van der Waals surface area contributed by atoms with Gasteiger partial charge in [0.05, 0.1) is 26.1 Å². The summed E-state index contributed by atoms with van der Waals surface area (Å²) in [4.78, 5) is 16.8. The van der Waals surface area contributed by atoms with Crippen molar-refractivity contribution in [1.82, 2.24) is 4.90 Å². The third-order valence-corrected chi connectivity index (χ3v) is 5.13. The molecule has 5 heteroatoms. The number of methoxy groups -OCH3 is 1. The summed E-state index contributed by atoms with van der Waals surface area (Å²) in [6, 6.07) is 12.3. The molecule has 0 saturated heterocycles. The molecule has 2 aromatic rings. The molecule has 0 aliphatic heterocycles. The number of benzene rings is 2. The zero-order chi connectivity index (χ0) is 21.6. The first-order valence-electron chi connectivity index (χ1n) is 9.84. The van der Waals surface area contributed by atoms with E-state index in [9.17, 15) is 4.79 Å². The summed E-state index contributed by atoms with van der Waals surface area (Å²) in [5, 5.41) is 9.01. The lowest BCUT2D eigenvalue weighted by atomic mass is 10.1. The van der Waals surface area contributed by atoms with E-state index in [1.54, 1.807) is 12.0 Å². The average Bonchev–Trinajstić information content (AvgIpc) is 2.64. The van der Waals surface area contributed by atoms with Crippen LogP contribution in [0.5, 0.6) is 5.75 Å². The molecule has 0 atom stereocenters. The molecule has 0 spiro atoms. The van der Waals surface area contributed by atoms with Crippen molar-refractivity contribution in [2.75, 3.05) is 32.1 Å². The maximum absolute atomic E-state index is 13.0. The van der Waals surface area contributed by atoms with E-state index in [1.807, 2.05) is 57.8 Å². The van der Waals surface area contributed by atoms with E-state index in [2.05, 4.69) is 18.2 Å². The highest BCUT2D eigenvalue weighted by Crippen LogP contribution is 2.25. The summed E-state index contributed by atoms with van der Waals surface area (Å²) >= 11 is 0. The van der Waals surface area contributed by atoms with Crippen LogP contribution in [0.3, 0.4) is 0 Å². The summed E-state index contributed by atoms with van der Waals surface area (Å²) in [7, 11) is 3.62. The van der Waals surface area contributed by atoms with Crippen molar-refractivity contribution in [3.05, 3.63) is 58.1 Å². The molecule has 2 aromatic carbocycles. The van der Waals surface area contributed by atoms with Gasteiger partial charge in [-0.25, -0.2) is 0 Å². The highest BCUT2D eigenvalue weighted by molar-refractivity contribution is 5.95. The number of aryl methyl sites for hydroxylation is 4. The van der Waals surface area contributed by atoms with E-state index in [1.165, 1.54) is 5.56 Å². The molecule has 0 fully saturated rings. The van der Waals surface area contributed by atoms with Crippen molar-refractivity contribution < 1.29 is 9.53 Å². The van der Waals surface area contributed by atoms with Crippen LogP contribution in [-0.4, -0.2) is 38.1 Å². The van der Waals surface area contributed by atoms with E-state index in [-0.39, 0.29) is 12.5 Å². The first kappa shape index (κ1) is 22.4. The molecule has 0 aliphatic rings. The van der Waals surface area contributed by atoms with Gasteiger partial charge in [0.25, 0.3) is 0 Å². The Labute approximate surface area is 174 Å². The van der Waals surface area contributed by atoms with Gasteiger partial charge in [-0.05, 0) is 74.7 Å². The lowest BCUT2D eigenvalue weighted by molar-refractivity contribution is -0.119. The maximum Gasteiger partial charge on any atom is 0.241 e. The number of likely N-dealkylation sites (N-methyl/N-ethyl adjacent to an activating group) is 1. The molecule has 0 radical (unpaired) electrons. The monoisotopic (exact) mass is 393 g/mol. The minimum Gasteiger partial charge on any atom is -0.496 e. The van der Waals surface area contributed by atoms with Crippen LogP contribution >= 0.6 is 0 Å². The highest BCUT2D eigenvalue weighted by Gasteiger charge is 2.18. The largest absolute Gasteiger partial charge is 0.496 e. The normalized spacial score (nSPS) is 10.7. The summed E-state index contributed by atoms with van der Waals surface area (Å²) in [6.07, 6.45) is 0.305. The molecule has 0 aliphatic carbocycles. The quantitative estimate of drug-likeness (QED) is 0.671. The van der Waals surface area contributed by atoms with Crippen LogP contribution < -0.4 is 9.64 Å². The first-order valence-corrected chi connectivity index (χ1v) is 9.84. The predicted molar refractivity (Wildman–Crippen MR) is 117 cm³/mol. The molecular formula is C24H31N3O2. The van der Waals surface area contributed by atoms with Crippen LogP contribution in [0.1, 0.15) is 34.2 Å². The number of amides is 1. The Morgan fingerprint density at radius 3 is 2.24 bits per heavy atom. The maximum atomic E-state index is 13.0. The average molecular weight is 394 g/mol. The van der Waals surface area contributed by atoms with Crippen molar-refractivity contribution >= 4 is 11.6 Å². The van der Waals surface area contributed by atoms with Crippen LogP contribution in [0.15, 0.2) is 30.3 Å². The molecule has 1 amide bonds. The Morgan fingerprint density at radius 2 is 1.69 bits per heavy atom. The topological polar surface area (TPSA) is 56.6 Å². The zero-order valence-corrected chi connectivity index (χ0v) is 18.4. The molecule has 5 nitrogen and oxygen atoms in total.